The second kappa shape index (κ2) is 7.01. The fourth-order valence-electron chi connectivity index (χ4n) is 2.53. The van der Waals surface area contributed by atoms with Crippen LogP contribution in [0.5, 0.6) is 0 Å². The Morgan fingerprint density at radius 1 is 0.962 bits per heavy atom. The van der Waals surface area contributed by atoms with E-state index in [2.05, 4.69) is 16.7 Å². The molecule has 0 spiro atoms. The van der Waals surface area contributed by atoms with Crippen LogP contribution >= 0.6 is 0 Å². The van der Waals surface area contributed by atoms with Crippen LogP contribution in [0.25, 0.3) is 0 Å². The third-order valence-electron chi connectivity index (χ3n) is 4.51. The number of anilines is 2. The average Bonchev–Trinajstić information content (AvgIpc) is 3.48. The molecule has 26 heavy (non-hydrogen) atoms. The Morgan fingerprint density at radius 3 is 2.04 bits per heavy atom. The number of carbonyl (C=O) groups excluding carboxylic acids is 2. The molecule has 1 aliphatic rings. The van der Waals surface area contributed by atoms with Crippen LogP contribution in [0.4, 0.5) is 11.4 Å². The zero-order chi connectivity index (χ0) is 18.7. The van der Waals surface area contributed by atoms with E-state index in [9.17, 15) is 14.9 Å². The number of nitrogens with zero attached hydrogens (tertiary/aromatic N) is 1. The van der Waals surface area contributed by atoms with E-state index in [4.69, 9.17) is 0 Å². The second-order valence-corrected chi connectivity index (χ2v) is 7.11. The average molecular weight is 347 g/mol. The maximum absolute atomic E-state index is 12.4. The molecule has 0 atom stereocenters. The van der Waals surface area contributed by atoms with Crippen molar-refractivity contribution in [1.82, 2.24) is 0 Å². The van der Waals surface area contributed by atoms with Gasteiger partial charge in [-0.05, 0) is 68.7 Å². The van der Waals surface area contributed by atoms with Crippen molar-refractivity contribution >= 4 is 23.2 Å². The van der Waals surface area contributed by atoms with Crippen molar-refractivity contribution in [2.24, 2.45) is 5.92 Å². The lowest BCUT2D eigenvalue weighted by molar-refractivity contribution is -0.117. The largest absolute Gasteiger partial charge is 0.326 e. The molecule has 5 nitrogen and oxygen atoms in total. The number of hydrogen-bond donors (Lipinski definition) is 2. The van der Waals surface area contributed by atoms with Gasteiger partial charge in [0.1, 0.15) is 0 Å². The van der Waals surface area contributed by atoms with Crippen LogP contribution in [-0.4, -0.2) is 11.8 Å². The number of benzene rings is 2. The normalized spacial score (nSPS) is 13.6. The number of nitriles is 1. The maximum Gasteiger partial charge on any atom is 0.255 e. The lowest BCUT2D eigenvalue weighted by Gasteiger charge is -2.16. The highest BCUT2D eigenvalue weighted by Crippen LogP contribution is 2.30. The molecule has 132 valence electrons. The van der Waals surface area contributed by atoms with E-state index >= 15 is 0 Å². The lowest BCUT2D eigenvalue weighted by Crippen LogP contribution is -2.15. The molecule has 0 bridgehead atoms. The molecule has 2 amide bonds. The van der Waals surface area contributed by atoms with E-state index in [0.717, 1.165) is 18.4 Å². The summed E-state index contributed by atoms with van der Waals surface area (Å²) in [6.45, 7) is 3.70. The number of carbonyl (C=O) groups is 2. The Kier molecular flexibility index (Phi) is 4.77. The Balaban J connectivity index is 1.62. The molecular formula is C21H21N3O2. The fraction of sp³-hybridized carbons (Fsp3) is 0.286. The van der Waals surface area contributed by atoms with Crippen LogP contribution in [0, 0.1) is 17.2 Å². The molecule has 5 heteroatoms. The molecule has 2 aromatic rings. The van der Waals surface area contributed by atoms with Gasteiger partial charge >= 0.3 is 0 Å². The first-order chi connectivity index (χ1) is 12.4. The third kappa shape index (κ3) is 4.09. The molecule has 1 saturated carbocycles. The fourth-order valence-corrected chi connectivity index (χ4v) is 2.53. The van der Waals surface area contributed by atoms with E-state index in [1.165, 1.54) is 0 Å². The van der Waals surface area contributed by atoms with E-state index < -0.39 is 5.41 Å². The van der Waals surface area contributed by atoms with Gasteiger partial charge in [0.2, 0.25) is 5.91 Å². The summed E-state index contributed by atoms with van der Waals surface area (Å²) in [5.41, 5.74) is 2.20. The molecule has 0 aliphatic heterocycles. The van der Waals surface area contributed by atoms with E-state index in [-0.39, 0.29) is 17.7 Å². The van der Waals surface area contributed by atoms with E-state index in [0.29, 0.717) is 16.9 Å². The van der Waals surface area contributed by atoms with Crippen molar-refractivity contribution in [3.8, 4) is 6.07 Å². The van der Waals surface area contributed by atoms with Crippen LogP contribution in [0.1, 0.15) is 42.6 Å². The standard InChI is InChI=1S/C21H21N3O2/c1-21(2,13-22)16-7-11-18(12-8-16)24-20(26)15-5-9-17(10-6-15)23-19(25)14-3-4-14/h5-12,14H,3-4H2,1-2H3,(H,23,25)(H,24,26). The minimum Gasteiger partial charge on any atom is -0.326 e. The molecule has 0 aromatic heterocycles. The van der Waals surface area contributed by atoms with Crippen molar-refractivity contribution < 1.29 is 9.59 Å². The molecule has 1 aliphatic carbocycles. The predicted octanol–water partition coefficient (Wildman–Crippen LogP) is 4.09. The molecular weight excluding hydrogens is 326 g/mol. The maximum atomic E-state index is 12.4. The second-order valence-electron chi connectivity index (χ2n) is 7.11. The number of amides is 2. The number of nitrogens with one attached hydrogen (secondary N) is 2. The zero-order valence-electron chi connectivity index (χ0n) is 14.9. The van der Waals surface area contributed by atoms with Crippen LogP contribution in [0.15, 0.2) is 48.5 Å². The molecule has 2 aromatic carbocycles. The predicted molar refractivity (Wildman–Crippen MR) is 101 cm³/mol. The van der Waals surface area contributed by atoms with Gasteiger partial charge in [-0.1, -0.05) is 12.1 Å². The SMILES string of the molecule is CC(C)(C#N)c1ccc(NC(=O)c2ccc(NC(=O)C3CC3)cc2)cc1. The molecule has 0 saturated heterocycles. The van der Waals surface area contributed by atoms with Gasteiger partial charge < -0.3 is 10.6 Å². The lowest BCUT2D eigenvalue weighted by atomic mass is 9.86. The highest BCUT2D eigenvalue weighted by Gasteiger charge is 2.29. The van der Waals surface area contributed by atoms with Gasteiger partial charge in [-0.25, -0.2) is 0 Å². The van der Waals surface area contributed by atoms with Gasteiger partial charge in [0.05, 0.1) is 11.5 Å². The molecule has 0 unspecified atom stereocenters. The minimum atomic E-state index is -0.566. The van der Waals surface area contributed by atoms with Crippen LogP contribution in [0.3, 0.4) is 0 Å². The summed E-state index contributed by atoms with van der Waals surface area (Å²) in [4.78, 5) is 24.1. The first kappa shape index (κ1) is 17.7. The van der Waals surface area contributed by atoms with Crippen molar-refractivity contribution in [3.05, 3.63) is 59.7 Å². The Labute approximate surface area is 153 Å². The summed E-state index contributed by atoms with van der Waals surface area (Å²) in [5.74, 6) is -0.0353. The molecule has 2 N–H and O–H groups in total. The Bertz CT molecular complexity index is 858. The van der Waals surface area contributed by atoms with Gasteiger partial charge in [-0.2, -0.15) is 5.26 Å². The van der Waals surface area contributed by atoms with Crippen LogP contribution in [0.2, 0.25) is 0 Å². The van der Waals surface area contributed by atoms with E-state index in [1.54, 1.807) is 36.4 Å². The summed E-state index contributed by atoms with van der Waals surface area (Å²) in [6, 6.07) is 16.3. The Morgan fingerprint density at radius 2 is 1.50 bits per heavy atom. The van der Waals surface area contributed by atoms with Gasteiger partial charge in [-0.15, -0.1) is 0 Å². The van der Waals surface area contributed by atoms with Crippen molar-refractivity contribution in [1.29, 1.82) is 5.26 Å². The number of rotatable bonds is 5. The highest BCUT2D eigenvalue weighted by molar-refractivity contribution is 6.04. The third-order valence-corrected chi connectivity index (χ3v) is 4.51. The van der Waals surface area contributed by atoms with Crippen LogP contribution in [-0.2, 0) is 10.2 Å². The summed E-state index contributed by atoms with van der Waals surface area (Å²) >= 11 is 0. The van der Waals surface area contributed by atoms with Crippen molar-refractivity contribution in [3.63, 3.8) is 0 Å². The zero-order valence-corrected chi connectivity index (χ0v) is 14.9. The van der Waals surface area contributed by atoms with Gasteiger partial charge in [0.15, 0.2) is 0 Å². The molecule has 0 radical (unpaired) electrons. The summed E-state index contributed by atoms with van der Waals surface area (Å²) in [6.07, 6.45) is 1.91. The van der Waals surface area contributed by atoms with Gasteiger partial charge in [0, 0.05) is 22.9 Å². The minimum absolute atomic E-state index is 0.0441. The molecule has 1 fully saturated rings. The Hall–Kier alpha value is -3.13. The summed E-state index contributed by atoms with van der Waals surface area (Å²) < 4.78 is 0. The first-order valence-corrected chi connectivity index (χ1v) is 8.63. The molecule has 3 rings (SSSR count). The topological polar surface area (TPSA) is 82.0 Å². The van der Waals surface area contributed by atoms with Crippen LogP contribution < -0.4 is 10.6 Å². The molecule has 0 heterocycles. The monoisotopic (exact) mass is 347 g/mol. The van der Waals surface area contributed by atoms with Gasteiger partial charge in [-0.3, -0.25) is 9.59 Å². The van der Waals surface area contributed by atoms with E-state index in [1.807, 2.05) is 26.0 Å². The highest BCUT2D eigenvalue weighted by atomic mass is 16.2. The smallest absolute Gasteiger partial charge is 0.255 e. The van der Waals surface area contributed by atoms with Crippen molar-refractivity contribution in [2.75, 3.05) is 10.6 Å². The number of hydrogen-bond acceptors (Lipinski definition) is 3. The summed E-state index contributed by atoms with van der Waals surface area (Å²) in [5, 5.41) is 14.9. The first-order valence-electron chi connectivity index (χ1n) is 8.63. The summed E-state index contributed by atoms with van der Waals surface area (Å²) in [7, 11) is 0. The quantitative estimate of drug-likeness (QED) is 0.854. The van der Waals surface area contributed by atoms with Crippen molar-refractivity contribution in [2.45, 2.75) is 32.1 Å². The van der Waals surface area contributed by atoms with Gasteiger partial charge in [0.25, 0.3) is 5.91 Å².